The van der Waals surface area contributed by atoms with E-state index in [9.17, 15) is 14.4 Å². The van der Waals surface area contributed by atoms with Gasteiger partial charge in [-0.25, -0.2) is 4.79 Å². The fourth-order valence-corrected chi connectivity index (χ4v) is 5.72. The van der Waals surface area contributed by atoms with Gasteiger partial charge in [0.1, 0.15) is 17.2 Å². The maximum atomic E-state index is 13.5. The summed E-state index contributed by atoms with van der Waals surface area (Å²) in [6.07, 6.45) is 4.33. The van der Waals surface area contributed by atoms with Gasteiger partial charge in [-0.2, -0.15) is 0 Å². The van der Waals surface area contributed by atoms with Gasteiger partial charge in [-0.15, -0.1) is 0 Å². The van der Waals surface area contributed by atoms with Gasteiger partial charge in [0, 0.05) is 31.1 Å². The molecule has 0 radical (unpaired) electrons. The molecule has 2 aliphatic heterocycles. The van der Waals surface area contributed by atoms with Gasteiger partial charge in [-0.05, 0) is 63.1 Å². The van der Waals surface area contributed by atoms with E-state index in [1.54, 1.807) is 18.2 Å². The summed E-state index contributed by atoms with van der Waals surface area (Å²) in [7, 11) is 0. The number of fused-ring (bicyclic) bond motifs is 2. The van der Waals surface area contributed by atoms with Crippen LogP contribution < -0.4 is 4.74 Å². The van der Waals surface area contributed by atoms with Crippen molar-refractivity contribution in [2.45, 2.75) is 75.1 Å². The number of ether oxygens (including phenoxy) is 2. The first-order valence-corrected chi connectivity index (χ1v) is 14.3. The molecule has 0 aromatic heterocycles. The fourth-order valence-electron chi connectivity index (χ4n) is 4.69. The molecule has 1 fully saturated rings. The number of hydrogen-bond acceptors (Lipinski definition) is 9. The van der Waals surface area contributed by atoms with Crippen molar-refractivity contribution >= 4 is 35.0 Å². The number of rotatable bonds is 11. The molecule has 0 aliphatic carbocycles. The number of Topliss-reactive ketones (excluding diaryl/α,β-unsaturated/α-hetero) is 2. The molecule has 0 unspecified atom stereocenters. The molecule has 0 amide bonds. The number of benzene rings is 2. The summed E-state index contributed by atoms with van der Waals surface area (Å²) < 4.78 is 11.6. The standard InChI is InChI=1S/C30H36N2O6S/c1-5-6-7-8-9-23(31-38-20(2)33)28(34)21-10-12-24-26(18-21)39-27-19-22(11-13-25(27)37-24)29(35)30(3,4)32-14-16-36-17-15-32/h10-13,18-19H,5-9,14-17H2,1-4H3/b31-23+. The Labute approximate surface area is 234 Å². The van der Waals surface area contributed by atoms with Crippen molar-refractivity contribution < 1.29 is 28.7 Å². The Hall–Kier alpha value is -3.01. The van der Waals surface area contributed by atoms with Crippen LogP contribution in [0.4, 0.5) is 0 Å². The van der Waals surface area contributed by atoms with E-state index in [2.05, 4.69) is 17.0 Å². The minimum atomic E-state index is -0.662. The Morgan fingerprint density at radius 1 is 0.974 bits per heavy atom. The molecule has 9 heteroatoms. The van der Waals surface area contributed by atoms with Crippen LogP contribution in [-0.2, 0) is 14.4 Å². The second kappa shape index (κ2) is 12.9. The third-order valence-corrected chi connectivity index (χ3v) is 8.10. The Kier molecular flexibility index (Phi) is 9.58. The fraction of sp³-hybridized carbons (Fsp3) is 0.467. The maximum absolute atomic E-state index is 13.5. The van der Waals surface area contributed by atoms with Gasteiger partial charge in [-0.3, -0.25) is 14.5 Å². The predicted molar refractivity (Wildman–Crippen MR) is 150 cm³/mol. The third-order valence-electron chi connectivity index (χ3n) is 7.02. The second-order valence-electron chi connectivity index (χ2n) is 10.3. The number of morpholine rings is 1. The Balaban J connectivity index is 1.53. The van der Waals surface area contributed by atoms with Crippen LogP contribution in [0.25, 0.3) is 0 Å². The van der Waals surface area contributed by atoms with Crippen LogP contribution in [0.1, 0.15) is 80.5 Å². The van der Waals surface area contributed by atoms with Gasteiger partial charge in [0.25, 0.3) is 0 Å². The smallest absolute Gasteiger partial charge is 0.331 e. The quantitative estimate of drug-likeness (QED) is 0.0898. The molecule has 0 N–H and O–H groups in total. The largest absolute Gasteiger partial charge is 0.455 e. The van der Waals surface area contributed by atoms with Crippen LogP contribution in [0.3, 0.4) is 0 Å². The van der Waals surface area contributed by atoms with Crippen LogP contribution in [0.5, 0.6) is 11.5 Å². The Morgan fingerprint density at radius 2 is 1.62 bits per heavy atom. The molecule has 2 aromatic rings. The van der Waals surface area contributed by atoms with Gasteiger partial charge in [0.2, 0.25) is 5.78 Å². The Bertz CT molecular complexity index is 1270. The molecule has 4 rings (SSSR count). The van der Waals surface area contributed by atoms with E-state index in [0.29, 0.717) is 55.4 Å². The van der Waals surface area contributed by atoms with Gasteiger partial charge in [-0.1, -0.05) is 43.1 Å². The van der Waals surface area contributed by atoms with Crippen LogP contribution in [0, 0.1) is 0 Å². The van der Waals surface area contributed by atoms with Gasteiger partial charge < -0.3 is 14.3 Å². The molecular formula is C30H36N2O6S. The van der Waals surface area contributed by atoms with Crippen molar-refractivity contribution in [2.75, 3.05) is 26.3 Å². The van der Waals surface area contributed by atoms with Crippen LogP contribution in [0.15, 0.2) is 51.3 Å². The topological polar surface area (TPSA) is 94.5 Å². The molecule has 2 aromatic carbocycles. The summed E-state index contributed by atoms with van der Waals surface area (Å²) in [5, 5.41) is 3.87. The Morgan fingerprint density at radius 3 is 2.26 bits per heavy atom. The van der Waals surface area contributed by atoms with E-state index in [4.69, 9.17) is 14.3 Å². The molecule has 2 heterocycles. The van der Waals surface area contributed by atoms with Crippen molar-refractivity contribution in [1.82, 2.24) is 4.90 Å². The van der Waals surface area contributed by atoms with Crippen LogP contribution in [0.2, 0.25) is 0 Å². The highest BCUT2D eigenvalue weighted by molar-refractivity contribution is 7.99. The maximum Gasteiger partial charge on any atom is 0.331 e. The molecule has 0 bridgehead atoms. The summed E-state index contributed by atoms with van der Waals surface area (Å²) in [6.45, 7) is 9.95. The minimum Gasteiger partial charge on any atom is -0.455 e. The minimum absolute atomic E-state index is 0.0388. The molecule has 0 atom stereocenters. The molecule has 8 nitrogen and oxygen atoms in total. The van der Waals surface area contributed by atoms with E-state index in [1.165, 1.54) is 18.7 Å². The van der Waals surface area contributed by atoms with Crippen molar-refractivity contribution in [3.8, 4) is 11.5 Å². The summed E-state index contributed by atoms with van der Waals surface area (Å²) in [5.41, 5.74) is 0.613. The number of carbonyl (C=O) groups excluding carboxylic acids is 3. The lowest BCUT2D eigenvalue weighted by atomic mass is 9.91. The predicted octanol–water partition coefficient (Wildman–Crippen LogP) is 6.31. The molecule has 0 spiro atoms. The zero-order valence-corrected chi connectivity index (χ0v) is 23.9. The number of nitrogens with zero attached hydrogens (tertiary/aromatic N) is 2. The van der Waals surface area contributed by atoms with E-state index >= 15 is 0 Å². The number of hydrogen-bond donors (Lipinski definition) is 0. The normalized spacial score (nSPS) is 15.6. The molecule has 1 saturated heterocycles. The van der Waals surface area contributed by atoms with Crippen molar-refractivity contribution in [1.29, 1.82) is 0 Å². The molecule has 0 saturated carbocycles. The van der Waals surface area contributed by atoms with Gasteiger partial charge in [0.05, 0.1) is 28.5 Å². The summed E-state index contributed by atoms with van der Waals surface area (Å²) in [4.78, 5) is 46.7. The molecular weight excluding hydrogens is 516 g/mol. The van der Waals surface area contributed by atoms with Crippen LogP contribution in [-0.4, -0.2) is 60.0 Å². The first kappa shape index (κ1) is 29.0. The first-order chi connectivity index (χ1) is 18.7. The highest BCUT2D eigenvalue weighted by Gasteiger charge is 2.36. The van der Waals surface area contributed by atoms with Crippen molar-refractivity contribution in [3.05, 3.63) is 47.5 Å². The third kappa shape index (κ3) is 6.96. The number of oxime groups is 1. The number of carbonyl (C=O) groups is 3. The summed E-state index contributed by atoms with van der Waals surface area (Å²) >= 11 is 1.46. The zero-order valence-electron chi connectivity index (χ0n) is 23.1. The first-order valence-electron chi connectivity index (χ1n) is 13.5. The van der Waals surface area contributed by atoms with Crippen LogP contribution >= 0.6 is 11.8 Å². The lowest BCUT2D eigenvalue weighted by molar-refractivity contribution is -0.140. The summed E-state index contributed by atoms with van der Waals surface area (Å²) in [6, 6.07) is 10.7. The number of ketones is 2. The highest BCUT2D eigenvalue weighted by Crippen LogP contribution is 2.47. The molecule has 2 aliphatic rings. The van der Waals surface area contributed by atoms with Crippen molar-refractivity contribution in [2.24, 2.45) is 5.16 Å². The summed E-state index contributed by atoms with van der Waals surface area (Å²) in [5.74, 6) is 0.496. The lowest BCUT2D eigenvalue weighted by Crippen LogP contribution is -2.54. The van der Waals surface area contributed by atoms with E-state index in [1.807, 2.05) is 32.0 Å². The average molecular weight is 553 g/mol. The number of unbranched alkanes of at least 4 members (excludes halogenated alkanes) is 3. The van der Waals surface area contributed by atoms with E-state index in [-0.39, 0.29) is 17.3 Å². The van der Waals surface area contributed by atoms with Gasteiger partial charge >= 0.3 is 5.97 Å². The second-order valence-corrected chi connectivity index (χ2v) is 11.4. The lowest BCUT2D eigenvalue weighted by Gasteiger charge is -2.39. The van der Waals surface area contributed by atoms with Crippen molar-refractivity contribution in [3.63, 3.8) is 0 Å². The average Bonchev–Trinajstić information content (AvgIpc) is 2.94. The van der Waals surface area contributed by atoms with Gasteiger partial charge in [0.15, 0.2) is 5.78 Å². The molecule has 208 valence electrons. The molecule has 39 heavy (non-hydrogen) atoms. The van der Waals surface area contributed by atoms with E-state index in [0.717, 1.165) is 35.5 Å². The van der Waals surface area contributed by atoms with E-state index < -0.39 is 11.5 Å². The monoisotopic (exact) mass is 552 g/mol. The highest BCUT2D eigenvalue weighted by atomic mass is 32.2. The SMILES string of the molecule is CCCCCC/C(=N\OC(C)=O)C(=O)c1ccc2c(c1)Sc1cc(C(=O)C(C)(C)N3CCOCC3)ccc1O2. The zero-order chi connectivity index (χ0) is 28.0.